The lowest BCUT2D eigenvalue weighted by Crippen LogP contribution is -2.49. The van der Waals surface area contributed by atoms with Crippen molar-refractivity contribution in [3.8, 4) is 0 Å². The van der Waals surface area contributed by atoms with Crippen molar-refractivity contribution in [3.05, 3.63) is 64.3 Å². The number of aromatic nitrogens is 1. The normalized spacial score (nSPS) is 22.1. The third-order valence-electron chi connectivity index (χ3n) is 9.68. The number of aliphatic imine (C=N–C) groups is 1. The van der Waals surface area contributed by atoms with Gasteiger partial charge in [-0.1, -0.05) is 12.1 Å². The van der Waals surface area contributed by atoms with Crippen LogP contribution in [0.4, 0.5) is 5.69 Å². The van der Waals surface area contributed by atoms with Crippen molar-refractivity contribution >= 4 is 28.6 Å². The van der Waals surface area contributed by atoms with Crippen LogP contribution in [0.25, 0.3) is 10.9 Å². The summed E-state index contributed by atoms with van der Waals surface area (Å²) in [6, 6.07) is 13.6. The number of carbonyl (C=O) groups excluding carboxylic acids is 1. The molecule has 3 fully saturated rings. The van der Waals surface area contributed by atoms with Crippen molar-refractivity contribution in [2.45, 2.75) is 37.1 Å². The third kappa shape index (κ3) is 3.97. The zero-order valence-electron chi connectivity index (χ0n) is 23.1. The molecule has 3 aromatic rings. The van der Waals surface area contributed by atoms with E-state index >= 15 is 0 Å². The monoisotopic (exact) mass is 526 g/mol. The highest BCUT2D eigenvalue weighted by atomic mass is 16.5. The van der Waals surface area contributed by atoms with E-state index in [0.29, 0.717) is 19.3 Å². The highest BCUT2D eigenvalue weighted by Crippen LogP contribution is 2.51. The molecule has 204 valence electrons. The highest BCUT2D eigenvalue weighted by molar-refractivity contribution is 6.20. The van der Waals surface area contributed by atoms with E-state index in [1.54, 1.807) is 7.05 Å². The fourth-order valence-electron chi connectivity index (χ4n) is 7.72. The van der Waals surface area contributed by atoms with Gasteiger partial charge < -0.3 is 18.9 Å². The molecule has 3 saturated heterocycles. The number of ether oxygens (including phenoxy) is 2. The zero-order chi connectivity index (χ0) is 26.6. The summed E-state index contributed by atoms with van der Waals surface area (Å²) in [5.41, 5.74) is 7.25. The van der Waals surface area contributed by atoms with Crippen LogP contribution in [-0.2, 0) is 21.9 Å². The summed E-state index contributed by atoms with van der Waals surface area (Å²) in [6.45, 7) is 7.32. The number of nitrogens with zero attached hydrogens (tertiary/aromatic N) is 4. The molecule has 1 aromatic heterocycles. The molecule has 0 atom stereocenters. The number of rotatable bonds is 3. The van der Waals surface area contributed by atoms with Gasteiger partial charge in [0.25, 0.3) is 0 Å². The number of piperidine rings is 1. The second kappa shape index (κ2) is 9.88. The number of hydrogen-bond acceptors (Lipinski definition) is 6. The van der Waals surface area contributed by atoms with Gasteiger partial charge in [-0.3, -0.25) is 14.7 Å². The summed E-state index contributed by atoms with van der Waals surface area (Å²) < 4.78 is 13.8. The fraction of sp³-hybridized carbons (Fsp3) is 0.500. The first-order valence-corrected chi connectivity index (χ1v) is 14.5. The molecular formula is C32H38N4O3. The number of fused-ring (bicyclic) bond motifs is 6. The van der Waals surface area contributed by atoms with Gasteiger partial charge in [-0.15, -0.1) is 0 Å². The lowest BCUT2D eigenvalue weighted by Gasteiger charge is -2.44. The summed E-state index contributed by atoms with van der Waals surface area (Å²) in [5, 5.41) is 1.04. The van der Waals surface area contributed by atoms with Crippen LogP contribution in [-0.4, -0.2) is 87.2 Å². The number of aryl methyl sites for hydroxylation is 1. The number of ketones is 1. The minimum Gasteiger partial charge on any atom is -0.381 e. The number of carbonyl (C=O) groups is 1. The lowest BCUT2D eigenvalue weighted by molar-refractivity contribution is 0.0115. The van der Waals surface area contributed by atoms with Gasteiger partial charge in [-0.05, 0) is 61.1 Å². The Labute approximate surface area is 230 Å². The Kier molecular flexibility index (Phi) is 6.33. The molecule has 7 nitrogen and oxygen atoms in total. The Balaban J connectivity index is 1.28. The largest absolute Gasteiger partial charge is 0.381 e. The molecule has 4 heterocycles. The van der Waals surface area contributed by atoms with Crippen LogP contribution in [0.1, 0.15) is 58.4 Å². The number of benzene rings is 2. The number of hydrogen-bond donors (Lipinski definition) is 0. The second-order valence-corrected chi connectivity index (χ2v) is 11.6. The van der Waals surface area contributed by atoms with Crippen molar-refractivity contribution in [2.24, 2.45) is 12.0 Å². The Hall–Kier alpha value is -3.00. The maximum Gasteiger partial charge on any atom is 0.195 e. The summed E-state index contributed by atoms with van der Waals surface area (Å²) >= 11 is 0. The van der Waals surface area contributed by atoms with Gasteiger partial charge in [0.2, 0.25) is 0 Å². The van der Waals surface area contributed by atoms with E-state index in [1.807, 2.05) is 6.21 Å². The summed E-state index contributed by atoms with van der Waals surface area (Å²) in [7, 11) is 3.92. The predicted molar refractivity (Wildman–Crippen MR) is 155 cm³/mol. The summed E-state index contributed by atoms with van der Waals surface area (Å²) in [4.78, 5) is 23.5. The molecule has 0 amide bonds. The van der Waals surface area contributed by atoms with E-state index in [0.717, 1.165) is 85.5 Å². The topological polar surface area (TPSA) is 59.3 Å². The Bertz CT molecular complexity index is 1440. The van der Waals surface area contributed by atoms with Gasteiger partial charge in [0.1, 0.15) is 0 Å². The van der Waals surface area contributed by atoms with E-state index in [2.05, 4.69) is 62.8 Å². The minimum atomic E-state index is -0.230. The van der Waals surface area contributed by atoms with Crippen molar-refractivity contribution in [3.63, 3.8) is 0 Å². The van der Waals surface area contributed by atoms with Crippen LogP contribution < -0.4 is 4.90 Å². The van der Waals surface area contributed by atoms with E-state index in [9.17, 15) is 4.79 Å². The first-order chi connectivity index (χ1) is 19.1. The quantitative estimate of drug-likeness (QED) is 0.480. The van der Waals surface area contributed by atoms with Crippen LogP contribution in [0.5, 0.6) is 0 Å². The molecule has 1 spiro atoms. The van der Waals surface area contributed by atoms with Crippen LogP contribution in [0.3, 0.4) is 0 Å². The highest BCUT2D eigenvalue weighted by Gasteiger charge is 2.48. The van der Waals surface area contributed by atoms with Crippen molar-refractivity contribution in [1.82, 2.24) is 9.47 Å². The molecule has 0 saturated carbocycles. The molecule has 7 heteroatoms. The smallest absolute Gasteiger partial charge is 0.195 e. The fourth-order valence-corrected chi connectivity index (χ4v) is 7.72. The van der Waals surface area contributed by atoms with Gasteiger partial charge in [0.15, 0.2) is 5.78 Å². The molecule has 0 radical (unpaired) electrons. The molecule has 0 bridgehead atoms. The Morgan fingerprint density at radius 3 is 2.44 bits per heavy atom. The van der Waals surface area contributed by atoms with Crippen LogP contribution >= 0.6 is 0 Å². The van der Waals surface area contributed by atoms with Gasteiger partial charge in [-0.2, -0.15) is 0 Å². The maximum atomic E-state index is 14.2. The standard InChI is InChI=1S/C32H38N4O3/c1-33-21-22-3-5-26-28(19-22)34(2)31-29(26)30(37)25-6-4-24(20-27(25)32(31)9-15-38-16-10-32)35-11-7-23(8-12-35)36-13-17-39-18-14-36/h3-6,19-21,23H,7-18H2,1-2H3. The van der Waals surface area contributed by atoms with E-state index in [1.165, 1.54) is 24.1 Å². The number of anilines is 1. The van der Waals surface area contributed by atoms with Crippen LogP contribution in [0.2, 0.25) is 0 Å². The molecule has 2 aromatic carbocycles. The van der Waals surface area contributed by atoms with Crippen LogP contribution in [0, 0.1) is 0 Å². The Morgan fingerprint density at radius 1 is 0.949 bits per heavy atom. The van der Waals surface area contributed by atoms with Gasteiger partial charge in [0, 0.05) is 99.0 Å². The number of morpholine rings is 1. The molecule has 3 aliphatic heterocycles. The third-order valence-corrected chi connectivity index (χ3v) is 9.68. The lowest BCUT2D eigenvalue weighted by atomic mass is 9.64. The molecule has 1 aliphatic carbocycles. The molecule has 39 heavy (non-hydrogen) atoms. The summed E-state index contributed by atoms with van der Waals surface area (Å²) in [5.74, 6) is 0.150. The molecular weight excluding hydrogens is 488 g/mol. The molecule has 7 rings (SSSR count). The minimum absolute atomic E-state index is 0.150. The van der Waals surface area contributed by atoms with Gasteiger partial charge in [-0.25, -0.2) is 0 Å². The van der Waals surface area contributed by atoms with E-state index in [-0.39, 0.29) is 11.2 Å². The zero-order valence-corrected chi connectivity index (χ0v) is 23.1. The van der Waals surface area contributed by atoms with Crippen molar-refractivity contribution in [2.75, 3.05) is 64.6 Å². The second-order valence-electron chi connectivity index (χ2n) is 11.6. The van der Waals surface area contributed by atoms with Gasteiger partial charge in [0.05, 0.1) is 18.8 Å². The van der Waals surface area contributed by atoms with Crippen molar-refractivity contribution < 1.29 is 14.3 Å². The molecule has 4 aliphatic rings. The van der Waals surface area contributed by atoms with Gasteiger partial charge >= 0.3 is 0 Å². The maximum absolute atomic E-state index is 14.2. The van der Waals surface area contributed by atoms with Crippen molar-refractivity contribution in [1.29, 1.82) is 0 Å². The average Bonchev–Trinajstić information content (AvgIpc) is 3.29. The predicted octanol–water partition coefficient (Wildman–Crippen LogP) is 4.17. The first kappa shape index (κ1) is 25.0. The Morgan fingerprint density at radius 2 is 1.69 bits per heavy atom. The van der Waals surface area contributed by atoms with E-state index in [4.69, 9.17) is 9.47 Å². The van der Waals surface area contributed by atoms with Crippen LogP contribution in [0.15, 0.2) is 41.4 Å². The average molecular weight is 527 g/mol. The van der Waals surface area contributed by atoms with E-state index < -0.39 is 0 Å². The SMILES string of the molecule is CN=Cc1ccc2c3c(n(C)c2c1)C1(CCOCC1)c1cc(N2CCC(N4CCOCC4)CC2)ccc1C3=O. The molecule has 0 unspecified atom stereocenters. The summed E-state index contributed by atoms with van der Waals surface area (Å²) in [6.07, 6.45) is 5.99. The first-order valence-electron chi connectivity index (χ1n) is 14.5. The molecule has 0 N–H and O–H groups in total.